The summed E-state index contributed by atoms with van der Waals surface area (Å²) < 4.78 is 5.44. The lowest BCUT2D eigenvalue weighted by molar-refractivity contribution is -0.384. The molecule has 23 heavy (non-hydrogen) atoms. The van der Waals surface area contributed by atoms with Crippen molar-refractivity contribution in [2.45, 2.75) is 13.3 Å². The van der Waals surface area contributed by atoms with Gasteiger partial charge in [0.15, 0.2) is 0 Å². The number of hydrogen-bond donors (Lipinski definition) is 2. The Morgan fingerprint density at radius 1 is 1.26 bits per heavy atom. The Kier molecular flexibility index (Phi) is 5.14. The van der Waals surface area contributed by atoms with Gasteiger partial charge in [-0.1, -0.05) is 17.7 Å². The highest BCUT2D eigenvalue weighted by atomic mass is 16.6. The van der Waals surface area contributed by atoms with Crippen LogP contribution in [-0.2, 0) is 4.79 Å². The van der Waals surface area contributed by atoms with E-state index in [-0.39, 0.29) is 36.1 Å². The lowest BCUT2D eigenvalue weighted by Gasteiger charge is -2.08. The van der Waals surface area contributed by atoms with Gasteiger partial charge in [-0.2, -0.15) is 0 Å². The minimum atomic E-state index is -0.624. The predicted molar refractivity (Wildman–Crippen MR) is 84.7 cm³/mol. The minimum Gasteiger partial charge on any atom is -0.506 e. The number of carbonyl (C=O) groups excluding carboxylic acids is 1. The van der Waals surface area contributed by atoms with Crippen molar-refractivity contribution < 1.29 is 19.6 Å². The Morgan fingerprint density at radius 2 is 1.96 bits per heavy atom. The van der Waals surface area contributed by atoms with Crippen molar-refractivity contribution in [3.05, 3.63) is 58.1 Å². The van der Waals surface area contributed by atoms with Crippen LogP contribution in [0.4, 0.5) is 11.4 Å². The van der Waals surface area contributed by atoms with Gasteiger partial charge in [-0.3, -0.25) is 14.9 Å². The fourth-order valence-corrected chi connectivity index (χ4v) is 1.85. The summed E-state index contributed by atoms with van der Waals surface area (Å²) >= 11 is 0. The molecule has 0 aliphatic rings. The molecule has 2 aromatic carbocycles. The Labute approximate surface area is 132 Å². The van der Waals surface area contributed by atoms with Gasteiger partial charge < -0.3 is 15.2 Å². The molecule has 0 bridgehead atoms. The summed E-state index contributed by atoms with van der Waals surface area (Å²) in [6, 6.07) is 10.9. The van der Waals surface area contributed by atoms with Crippen molar-refractivity contribution in [3.63, 3.8) is 0 Å². The van der Waals surface area contributed by atoms with Gasteiger partial charge >= 0.3 is 0 Å². The van der Waals surface area contributed by atoms with Gasteiger partial charge in [0.2, 0.25) is 5.91 Å². The second kappa shape index (κ2) is 7.26. The van der Waals surface area contributed by atoms with Crippen molar-refractivity contribution >= 4 is 17.3 Å². The summed E-state index contributed by atoms with van der Waals surface area (Å²) in [6.07, 6.45) is 0.0876. The first-order valence-corrected chi connectivity index (χ1v) is 6.92. The van der Waals surface area contributed by atoms with E-state index in [4.69, 9.17) is 4.74 Å². The van der Waals surface area contributed by atoms with Crippen LogP contribution in [0.5, 0.6) is 11.5 Å². The Bertz CT molecular complexity index is 713. The van der Waals surface area contributed by atoms with Crippen LogP contribution >= 0.6 is 0 Å². The molecule has 0 spiro atoms. The molecule has 2 N–H and O–H groups in total. The van der Waals surface area contributed by atoms with Gasteiger partial charge in [0.05, 0.1) is 29.7 Å². The predicted octanol–water partition coefficient (Wildman–Crippen LogP) is 3.02. The third-order valence-electron chi connectivity index (χ3n) is 3.09. The summed E-state index contributed by atoms with van der Waals surface area (Å²) in [4.78, 5) is 21.7. The van der Waals surface area contributed by atoms with Crippen LogP contribution in [0.15, 0.2) is 42.5 Å². The highest BCUT2D eigenvalue weighted by Crippen LogP contribution is 2.27. The van der Waals surface area contributed by atoms with E-state index >= 15 is 0 Å². The summed E-state index contributed by atoms with van der Waals surface area (Å²) in [7, 11) is 0. The van der Waals surface area contributed by atoms with E-state index in [1.807, 2.05) is 31.2 Å². The first-order chi connectivity index (χ1) is 11.0. The average Bonchev–Trinajstić information content (AvgIpc) is 2.51. The Balaban J connectivity index is 1.85. The quantitative estimate of drug-likeness (QED) is 0.484. The van der Waals surface area contributed by atoms with Crippen molar-refractivity contribution in [1.29, 1.82) is 0 Å². The molecule has 1 amide bonds. The topological polar surface area (TPSA) is 102 Å². The molecule has 0 saturated carbocycles. The van der Waals surface area contributed by atoms with E-state index in [0.29, 0.717) is 5.75 Å². The first kappa shape index (κ1) is 16.3. The molecule has 2 aromatic rings. The van der Waals surface area contributed by atoms with Crippen LogP contribution in [0.3, 0.4) is 0 Å². The Hall–Kier alpha value is -3.09. The molecule has 0 aliphatic heterocycles. The SMILES string of the molecule is Cc1ccc(OCCC(=O)Nc2ccc([N+](=O)[O-])cc2O)cc1. The molecular weight excluding hydrogens is 300 g/mol. The molecule has 0 heterocycles. The van der Waals surface area contributed by atoms with Crippen molar-refractivity contribution in [2.75, 3.05) is 11.9 Å². The number of hydrogen-bond acceptors (Lipinski definition) is 5. The second-order valence-corrected chi connectivity index (χ2v) is 4.92. The normalized spacial score (nSPS) is 10.1. The van der Waals surface area contributed by atoms with Gasteiger partial charge in [-0.05, 0) is 25.1 Å². The number of ether oxygens (including phenoxy) is 1. The molecule has 7 heteroatoms. The van der Waals surface area contributed by atoms with Crippen molar-refractivity contribution in [1.82, 2.24) is 0 Å². The van der Waals surface area contributed by atoms with Crippen LogP contribution < -0.4 is 10.1 Å². The number of phenols is 1. The van der Waals surface area contributed by atoms with Gasteiger partial charge in [0.1, 0.15) is 11.5 Å². The molecule has 0 aliphatic carbocycles. The minimum absolute atomic E-state index is 0.0876. The maximum Gasteiger partial charge on any atom is 0.273 e. The second-order valence-electron chi connectivity index (χ2n) is 4.92. The zero-order chi connectivity index (χ0) is 16.8. The van der Waals surface area contributed by atoms with Gasteiger partial charge in [-0.15, -0.1) is 0 Å². The third-order valence-corrected chi connectivity index (χ3v) is 3.09. The fourth-order valence-electron chi connectivity index (χ4n) is 1.85. The standard InChI is InChI=1S/C16H16N2O5/c1-11-2-5-13(6-3-11)23-9-8-16(20)17-14-7-4-12(18(21)22)10-15(14)19/h2-7,10,19H,8-9H2,1H3,(H,17,20). The van der Waals surface area contributed by atoms with E-state index in [1.54, 1.807) is 0 Å². The van der Waals surface area contributed by atoms with Gasteiger partial charge in [0.25, 0.3) is 5.69 Å². The maximum atomic E-state index is 11.8. The Morgan fingerprint density at radius 3 is 2.57 bits per heavy atom. The van der Waals surface area contributed by atoms with Crippen molar-refractivity contribution in [3.8, 4) is 11.5 Å². The molecule has 0 saturated heterocycles. The smallest absolute Gasteiger partial charge is 0.273 e. The van der Waals surface area contributed by atoms with E-state index in [1.165, 1.54) is 12.1 Å². The summed E-state index contributed by atoms with van der Waals surface area (Å²) in [6.45, 7) is 2.15. The lowest BCUT2D eigenvalue weighted by Crippen LogP contribution is -2.15. The molecule has 0 atom stereocenters. The molecule has 7 nitrogen and oxygen atoms in total. The molecule has 2 rings (SSSR count). The van der Waals surface area contributed by atoms with E-state index in [0.717, 1.165) is 11.6 Å². The maximum absolute atomic E-state index is 11.8. The number of benzene rings is 2. The number of amides is 1. The largest absolute Gasteiger partial charge is 0.506 e. The molecule has 0 unspecified atom stereocenters. The first-order valence-electron chi connectivity index (χ1n) is 6.92. The fraction of sp³-hybridized carbons (Fsp3) is 0.188. The number of nitrogens with one attached hydrogen (secondary N) is 1. The third kappa shape index (κ3) is 4.70. The van der Waals surface area contributed by atoms with Crippen LogP contribution in [-0.4, -0.2) is 22.5 Å². The van der Waals surface area contributed by atoms with Crippen molar-refractivity contribution in [2.24, 2.45) is 0 Å². The van der Waals surface area contributed by atoms with Crippen LogP contribution in [0.25, 0.3) is 0 Å². The molecule has 0 aromatic heterocycles. The van der Waals surface area contributed by atoms with E-state index in [9.17, 15) is 20.0 Å². The molecular formula is C16H16N2O5. The van der Waals surface area contributed by atoms with Crippen LogP contribution in [0.1, 0.15) is 12.0 Å². The highest BCUT2D eigenvalue weighted by Gasteiger charge is 2.12. The van der Waals surface area contributed by atoms with Gasteiger partial charge in [0, 0.05) is 6.07 Å². The molecule has 0 fully saturated rings. The van der Waals surface area contributed by atoms with Crippen LogP contribution in [0.2, 0.25) is 0 Å². The molecule has 120 valence electrons. The zero-order valence-electron chi connectivity index (χ0n) is 12.5. The number of nitro groups is 1. The number of nitrogens with zero attached hydrogens (tertiary/aromatic N) is 1. The number of rotatable bonds is 6. The van der Waals surface area contributed by atoms with E-state index < -0.39 is 4.92 Å². The average molecular weight is 316 g/mol. The summed E-state index contributed by atoms with van der Waals surface area (Å²) in [5.41, 5.74) is 0.989. The summed E-state index contributed by atoms with van der Waals surface area (Å²) in [5, 5.41) is 22.7. The zero-order valence-corrected chi connectivity index (χ0v) is 12.5. The van der Waals surface area contributed by atoms with Crippen LogP contribution in [0, 0.1) is 17.0 Å². The number of carbonyl (C=O) groups is 1. The highest BCUT2D eigenvalue weighted by molar-refractivity contribution is 5.92. The molecule has 0 radical (unpaired) electrons. The van der Waals surface area contributed by atoms with Gasteiger partial charge in [-0.25, -0.2) is 0 Å². The number of aromatic hydroxyl groups is 1. The number of anilines is 1. The van der Waals surface area contributed by atoms with E-state index in [2.05, 4.69) is 5.32 Å². The number of non-ortho nitro benzene ring substituents is 1. The monoisotopic (exact) mass is 316 g/mol. The number of nitro benzene ring substituents is 1. The number of phenolic OH excluding ortho intramolecular Hbond substituents is 1. The lowest BCUT2D eigenvalue weighted by atomic mass is 10.2. The summed E-state index contributed by atoms with van der Waals surface area (Å²) in [5.74, 6) is -0.0464. The number of aryl methyl sites for hydroxylation is 1.